The van der Waals surface area contributed by atoms with Gasteiger partial charge < -0.3 is 20.5 Å². The summed E-state index contributed by atoms with van der Waals surface area (Å²) in [6, 6.07) is 9.05. The number of carbonyl (C=O) groups is 2. The van der Waals surface area contributed by atoms with Gasteiger partial charge in [-0.3, -0.25) is 4.79 Å². The van der Waals surface area contributed by atoms with Crippen LogP contribution in [-0.4, -0.2) is 25.1 Å². The van der Waals surface area contributed by atoms with Crippen LogP contribution in [0.3, 0.4) is 0 Å². The first kappa shape index (κ1) is 20.7. The van der Waals surface area contributed by atoms with E-state index in [0.29, 0.717) is 28.8 Å². The fourth-order valence-corrected chi connectivity index (χ4v) is 2.51. The zero-order valence-corrected chi connectivity index (χ0v) is 16.3. The minimum absolute atomic E-state index is 0.00920. The van der Waals surface area contributed by atoms with Gasteiger partial charge in [0, 0.05) is 22.3 Å². The molecule has 2 rings (SSSR count). The summed E-state index contributed by atoms with van der Waals surface area (Å²) < 4.78 is 24.8. The maximum atomic E-state index is 13.9. The molecular formula is C19H20BrFN2O4. The van der Waals surface area contributed by atoms with Crippen molar-refractivity contribution in [3.8, 4) is 5.75 Å². The molecule has 27 heavy (non-hydrogen) atoms. The van der Waals surface area contributed by atoms with Crippen molar-refractivity contribution >= 4 is 33.5 Å². The standard InChI is InChI=1S/C19H20BrFN2O4/c1-2-7-26-18(24)11-27-17-6-5-14(22)9-15(17)19(25)23-10-12-3-4-13(20)8-16(12)21/h3-6,8-9H,2,7,10-11,22H2,1H3,(H,23,25). The number of anilines is 1. The number of benzene rings is 2. The zero-order valence-electron chi connectivity index (χ0n) is 14.8. The van der Waals surface area contributed by atoms with Gasteiger partial charge >= 0.3 is 5.97 Å². The topological polar surface area (TPSA) is 90.7 Å². The molecule has 8 heteroatoms. The first-order chi connectivity index (χ1) is 12.9. The van der Waals surface area contributed by atoms with Gasteiger partial charge in [0.2, 0.25) is 0 Å². The molecule has 0 unspecified atom stereocenters. The molecule has 0 atom stereocenters. The second-order valence-corrected chi connectivity index (χ2v) is 6.60. The second-order valence-electron chi connectivity index (χ2n) is 5.68. The minimum Gasteiger partial charge on any atom is -0.481 e. The fourth-order valence-electron chi connectivity index (χ4n) is 2.18. The normalized spacial score (nSPS) is 10.3. The van der Waals surface area contributed by atoms with E-state index >= 15 is 0 Å². The maximum Gasteiger partial charge on any atom is 0.344 e. The number of nitrogens with two attached hydrogens (primary N) is 1. The molecule has 1 amide bonds. The van der Waals surface area contributed by atoms with E-state index in [1.807, 2.05) is 6.92 Å². The summed E-state index contributed by atoms with van der Waals surface area (Å²) in [4.78, 5) is 24.1. The third-order valence-corrected chi connectivity index (χ3v) is 4.01. The monoisotopic (exact) mass is 438 g/mol. The molecule has 0 fully saturated rings. The third-order valence-electron chi connectivity index (χ3n) is 3.52. The maximum absolute atomic E-state index is 13.9. The Morgan fingerprint density at radius 2 is 2.00 bits per heavy atom. The largest absolute Gasteiger partial charge is 0.481 e. The molecule has 0 aliphatic heterocycles. The molecule has 6 nitrogen and oxygen atoms in total. The van der Waals surface area contributed by atoms with E-state index in [1.165, 1.54) is 18.2 Å². The van der Waals surface area contributed by atoms with Crippen molar-refractivity contribution < 1.29 is 23.5 Å². The summed E-state index contributed by atoms with van der Waals surface area (Å²) in [6.07, 6.45) is 0.702. The van der Waals surface area contributed by atoms with Crippen molar-refractivity contribution in [2.75, 3.05) is 18.9 Å². The van der Waals surface area contributed by atoms with Crippen LogP contribution in [-0.2, 0) is 16.1 Å². The molecule has 0 aromatic heterocycles. The Labute approximate surface area is 165 Å². The first-order valence-electron chi connectivity index (χ1n) is 8.30. The van der Waals surface area contributed by atoms with Gasteiger partial charge in [-0.05, 0) is 36.8 Å². The quantitative estimate of drug-likeness (QED) is 0.486. The average molecular weight is 439 g/mol. The number of esters is 1. The van der Waals surface area contributed by atoms with Crippen molar-refractivity contribution in [3.05, 3.63) is 57.8 Å². The first-order valence-corrected chi connectivity index (χ1v) is 9.10. The number of hydrogen-bond acceptors (Lipinski definition) is 5. The SMILES string of the molecule is CCCOC(=O)COc1ccc(N)cc1C(=O)NCc1ccc(Br)cc1F. The Hall–Kier alpha value is -2.61. The highest BCUT2D eigenvalue weighted by Crippen LogP contribution is 2.22. The van der Waals surface area contributed by atoms with Crippen LogP contribution in [0.15, 0.2) is 40.9 Å². The van der Waals surface area contributed by atoms with Crippen molar-refractivity contribution in [3.63, 3.8) is 0 Å². The average Bonchev–Trinajstić information content (AvgIpc) is 2.64. The summed E-state index contributed by atoms with van der Waals surface area (Å²) in [7, 11) is 0. The Balaban J connectivity index is 2.05. The number of nitrogen functional groups attached to an aromatic ring is 1. The number of nitrogens with one attached hydrogen (secondary N) is 1. The van der Waals surface area contributed by atoms with E-state index in [0.717, 1.165) is 0 Å². The summed E-state index contributed by atoms with van der Waals surface area (Å²) >= 11 is 3.18. The highest BCUT2D eigenvalue weighted by molar-refractivity contribution is 9.10. The molecule has 0 saturated carbocycles. The summed E-state index contributed by atoms with van der Waals surface area (Å²) in [5.74, 6) is -1.28. The number of hydrogen-bond donors (Lipinski definition) is 2. The molecule has 2 aromatic rings. The van der Waals surface area contributed by atoms with E-state index in [4.69, 9.17) is 15.2 Å². The second kappa shape index (κ2) is 9.91. The van der Waals surface area contributed by atoms with Crippen LogP contribution in [0.1, 0.15) is 29.3 Å². The van der Waals surface area contributed by atoms with E-state index in [1.54, 1.807) is 18.2 Å². The lowest BCUT2D eigenvalue weighted by Crippen LogP contribution is -2.25. The van der Waals surface area contributed by atoms with Crippen LogP contribution in [0.2, 0.25) is 0 Å². The molecule has 0 aliphatic rings. The highest BCUT2D eigenvalue weighted by Gasteiger charge is 2.15. The molecule has 3 N–H and O–H groups in total. The van der Waals surface area contributed by atoms with Crippen LogP contribution in [0, 0.1) is 5.82 Å². The van der Waals surface area contributed by atoms with Gasteiger partial charge in [-0.15, -0.1) is 0 Å². The number of ether oxygens (including phenoxy) is 2. The molecule has 0 aliphatic carbocycles. The van der Waals surface area contributed by atoms with Crippen molar-refractivity contribution in [2.45, 2.75) is 19.9 Å². The lowest BCUT2D eigenvalue weighted by Gasteiger charge is -2.13. The smallest absolute Gasteiger partial charge is 0.344 e. The van der Waals surface area contributed by atoms with E-state index in [-0.39, 0.29) is 24.5 Å². The summed E-state index contributed by atoms with van der Waals surface area (Å²) in [5.41, 5.74) is 6.58. The van der Waals surface area contributed by atoms with Crippen molar-refractivity contribution in [2.24, 2.45) is 0 Å². The van der Waals surface area contributed by atoms with Crippen LogP contribution in [0.5, 0.6) is 5.75 Å². The van der Waals surface area contributed by atoms with E-state index in [9.17, 15) is 14.0 Å². The van der Waals surface area contributed by atoms with Crippen LogP contribution in [0.25, 0.3) is 0 Å². The van der Waals surface area contributed by atoms with Gasteiger partial charge in [-0.2, -0.15) is 0 Å². The lowest BCUT2D eigenvalue weighted by molar-refractivity contribution is -0.146. The van der Waals surface area contributed by atoms with Crippen LogP contribution < -0.4 is 15.8 Å². The third kappa shape index (κ3) is 6.25. The van der Waals surface area contributed by atoms with Gasteiger partial charge in [0.15, 0.2) is 6.61 Å². The molecule has 0 spiro atoms. The van der Waals surface area contributed by atoms with Gasteiger partial charge in [0.05, 0.1) is 12.2 Å². The zero-order chi connectivity index (χ0) is 19.8. The van der Waals surface area contributed by atoms with E-state index < -0.39 is 17.7 Å². The van der Waals surface area contributed by atoms with E-state index in [2.05, 4.69) is 21.2 Å². The van der Waals surface area contributed by atoms with Gasteiger partial charge in [-0.1, -0.05) is 28.9 Å². The van der Waals surface area contributed by atoms with Crippen molar-refractivity contribution in [1.29, 1.82) is 0 Å². The fraction of sp³-hybridized carbons (Fsp3) is 0.263. The van der Waals surface area contributed by atoms with Crippen molar-refractivity contribution in [1.82, 2.24) is 5.32 Å². The molecule has 2 aromatic carbocycles. The number of rotatable bonds is 8. The molecule has 144 valence electrons. The molecule has 0 heterocycles. The lowest BCUT2D eigenvalue weighted by atomic mass is 10.1. The van der Waals surface area contributed by atoms with Gasteiger partial charge in [0.1, 0.15) is 11.6 Å². The number of halogens is 2. The summed E-state index contributed by atoms with van der Waals surface area (Å²) in [6.45, 7) is 1.84. The molecule has 0 bridgehead atoms. The minimum atomic E-state index is -0.531. The predicted octanol–water partition coefficient (Wildman–Crippen LogP) is 3.43. The van der Waals surface area contributed by atoms with Crippen LogP contribution >= 0.6 is 15.9 Å². The van der Waals surface area contributed by atoms with Gasteiger partial charge in [0.25, 0.3) is 5.91 Å². The Bertz CT molecular complexity index is 829. The number of carbonyl (C=O) groups excluding carboxylic acids is 2. The molecule has 0 radical (unpaired) electrons. The Kier molecular flexibility index (Phi) is 7.60. The molecular weight excluding hydrogens is 419 g/mol. The summed E-state index contributed by atoms with van der Waals surface area (Å²) in [5, 5.41) is 2.62. The van der Waals surface area contributed by atoms with Crippen LogP contribution in [0.4, 0.5) is 10.1 Å². The highest BCUT2D eigenvalue weighted by atomic mass is 79.9. The Morgan fingerprint density at radius 1 is 1.22 bits per heavy atom. The predicted molar refractivity (Wildman–Crippen MR) is 103 cm³/mol. The van der Waals surface area contributed by atoms with Gasteiger partial charge in [-0.25, -0.2) is 9.18 Å². The Morgan fingerprint density at radius 3 is 2.70 bits per heavy atom. The molecule has 0 saturated heterocycles. The number of amides is 1.